The molecule has 1 aliphatic rings. The van der Waals surface area contributed by atoms with Crippen molar-refractivity contribution < 1.29 is 28.2 Å². The van der Waals surface area contributed by atoms with Gasteiger partial charge >= 0.3 is 5.97 Å². The van der Waals surface area contributed by atoms with Gasteiger partial charge in [0.25, 0.3) is 0 Å². The van der Waals surface area contributed by atoms with Crippen LogP contribution in [0.2, 0.25) is 0 Å². The molecule has 0 spiro atoms. The topological polar surface area (TPSA) is 99.4 Å². The van der Waals surface area contributed by atoms with Crippen LogP contribution in [0, 0.1) is 0 Å². The van der Waals surface area contributed by atoms with Crippen molar-refractivity contribution in [3.8, 4) is 11.3 Å². The van der Waals surface area contributed by atoms with Gasteiger partial charge in [-0.3, -0.25) is 4.79 Å². The number of esters is 1. The molecule has 0 unspecified atom stereocenters. The van der Waals surface area contributed by atoms with E-state index in [4.69, 9.17) is 18.6 Å². The molecule has 1 aromatic carbocycles. The summed E-state index contributed by atoms with van der Waals surface area (Å²) in [4.78, 5) is 23.8. The first kappa shape index (κ1) is 19.8. The van der Waals surface area contributed by atoms with E-state index in [2.05, 4.69) is 10.5 Å². The van der Waals surface area contributed by atoms with Gasteiger partial charge in [0.15, 0.2) is 5.79 Å². The number of rotatable bonds is 7. The summed E-state index contributed by atoms with van der Waals surface area (Å²) in [7, 11) is 0. The predicted octanol–water partition coefficient (Wildman–Crippen LogP) is 2.73. The summed E-state index contributed by atoms with van der Waals surface area (Å²) in [6.45, 7) is 4.73. The first-order valence-corrected chi connectivity index (χ1v) is 8.96. The van der Waals surface area contributed by atoms with Crippen LogP contribution in [-0.4, -0.2) is 43.7 Å². The average molecular weight is 386 g/mol. The Morgan fingerprint density at radius 2 is 2.04 bits per heavy atom. The van der Waals surface area contributed by atoms with Crippen molar-refractivity contribution in [1.29, 1.82) is 0 Å². The quantitative estimate of drug-likeness (QED) is 0.446. The number of furan rings is 1. The van der Waals surface area contributed by atoms with E-state index in [0.717, 1.165) is 5.56 Å². The molecule has 0 bridgehead atoms. The lowest BCUT2D eigenvalue weighted by molar-refractivity contribution is -0.159. The van der Waals surface area contributed by atoms with Crippen LogP contribution in [0.15, 0.2) is 45.9 Å². The largest absolute Gasteiger partial charge is 0.462 e. The Balaban J connectivity index is 1.59. The van der Waals surface area contributed by atoms with Gasteiger partial charge in [-0.15, -0.1) is 0 Å². The summed E-state index contributed by atoms with van der Waals surface area (Å²) in [5.41, 5.74) is 3.60. The third-order valence-corrected chi connectivity index (χ3v) is 4.05. The number of amides is 1. The fourth-order valence-electron chi connectivity index (χ4n) is 2.75. The molecule has 2 heterocycles. The Morgan fingerprint density at radius 3 is 2.79 bits per heavy atom. The van der Waals surface area contributed by atoms with Gasteiger partial charge in [-0.1, -0.05) is 12.1 Å². The maximum Gasteiger partial charge on any atom is 0.338 e. The summed E-state index contributed by atoms with van der Waals surface area (Å²) in [6.07, 6.45) is 1.45. The van der Waals surface area contributed by atoms with Gasteiger partial charge in [-0.05, 0) is 38.1 Å². The van der Waals surface area contributed by atoms with Gasteiger partial charge in [0, 0.05) is 5.56 Å². The first-order chi connectivity index (χ1) is 13.5. The van der Waals surface area contributed by atoms with Crippen LogP contribution in [0.4, 0.5) is 0 Å². The normalized spacial score (nSPS) is 15.6. The molecule has 0 saturated carbocycles. The monoisotopic (exact) mass is 386 g/mol. The number of hydrazone groups is 1. The SMILES string of the molecule is CCOC(=O)c1cccc(-c2ccc(C=NNC(=O)CC3(C)OCCO3)o2)c1. The van der Waals surface area contributed by atoms with Crippen molar-refractivity contribution in [2.75, 3.05) is 19.8 Å². The van der Waals surface area contributed by atoms with E-state index < -0.39 is 5.79 Å². The van der Waals surface area contributed by atoms with E-state index in [0.29, 0.717) is 36.9 Å². The van der Waals surface area contributed by atoms with Crippen LogP contribution < -0.4 is 5.43 Å². The smallest absolute Gasteiger partial charge is 0.338 e. The number of carbonyl (C=O) groups is 2. The number of hydrogen-bond acceptors (Lipinski definition) is 7. The molecule has 0 radical (unpaired) electrons. The first-order valence-electron chi connectivity index (χ1n) is 8.96. The zero-order chi connectivity index (χ0) is 20.0. The molecule has 1 fully saturated rings. The highest BCUT2D eigenvalue weighted by Crippen LogP contribution is 2.23. The van der Waals surface area contributed by atoms with Crippen molar-refractivity contribution in [1.82, 2.24) is 5.43 Å². The zero-order valence-corrected chi connectivity index (χ0v) is 15.8. The number of benzene rings is 1. The van der Waals surface area contributed by atoms with Crippen molar-refractivity contribution >= 4 is 18.1 Å². The van der Waals surface area contributed by atoms with Gasteiger partial charge < -0.3 is 18.6 Å². The molecule has 1 amide bonds. The number of hydrogen-bond donors (Lipinski definition) is 1. The number of nitrogens with zero attached hydrogens (tertiary/aromatic N) is 1. The number of carbonyl (C=O) groups excluding carboxylic acids is 2. The van der Waals surface area contributed by atoms with E-state index in [1.165, 1.54) is 6.21 Å². The minimum Gasteiger partial charge on any atom is -0.462 e. The molecule has 1 saturated heterocycles. The van der Waals surface area contributed by atoms with Crippen LogP contribution in [-0.2, 0) is 19.0 Å². The second kappa shape index (κ2) is 8.81. The molecule has 2 aromatic rings. The molecule has 0 aliphatic carbocycles. The van der Waals surface area contributed by atoms with E-state index >= 15 is 0 Å². The van der Waals surface area contributed by atoms with E-state index in [1.54, 1.807) is 44.2 Å². The van der Waals surface area contributed by atoms with Gasteiger partial charge in [0.05, 0.1) is 38.0 Å². The van der Waals surface area contributed by atoms with Crippen LogP contribution in [0.5, 0.6) is 0 Å². The molecular formula is C20H22N2O6. The molecule has 1 N–H and O–H groups in total. The van der Waals surface area contributed by atoms with Crippen molar-refractivity contribution in [3.63, 3.8) is 0 Å². The molecule has 3 rings (SSSR count). The van der Waals surface area contributed by atoms with Gasteiger partial charge in [0.2, 0.25) is 5.91 Å². The van der Waals surface area contributed by atoms with Crippen molar-refractivity contribution in [2.24, 2.45) is 5.10 Å². The highest BCUT2D eigenvalue weighted by Gasteiger charge is 2.33. The van der Waals surface area contributed by atoms with Gasteiger partial charge in [-0.2, -0.15) is 5.10 Å². The van der Waals surface area contributed by atoms with Crippen molar-refractivity contribution in [3.05, 3.63) is 47.7 Å². The maximum absolute atomic E-state index is 11.9. The number of ether oxygens (including phenoxy) is 3. The minimum absolute atomic E-state index is 0.0500. The second-order valence-corrected chi connectivity index (χ2v) is 6.30. The van der Waals surface area contributed by atoms with E-state index in [1.807, 2.05) is 6.07 Å². The number of nitrogens with one attached hydrogen (secondary N) is 1. The maximum atomic E-state index is 11.9. The Labute approximate surface area is 162 Å². The fraction of sp³-hybridized carbons (Fsp3) is 0.350. The van der Waals surface area contributed by atoms with Gasteiger partial charge in [0.1, 0.15) is 11.5 Å². The van der Waals surface area contributed by atoms with E-state index in [-0.39, 0.29) is 18.3 Å². The molecule has 1 aromatic heterocycles. The highest BCUT2D eigenvalue weighted by atomic mass is 16.7. The molecule has 28 heavy (non-hydrogen) atoms. The fourth-order valence-corrected chi connectivity index (χ4v) is 2.75. The second-order valence-electron chi connectivity index (χ2n) is 6.30. The molecule has 8 heteroatoms. The molecule has 148 valence electrons. The molecule has 0 atom stereocenters. The van der Waals surface area contributed by atoms with Crippen LogP contribution in [0.3, 0.4) is 0 Å². The van der Waals surface area contributed by atoms with Crippen LogP contribution >= 0.6 is 0 Å². The average Bonchev–Trinajstić information content (AvgIpc) is 3.31. The summed E-state index contributed by atoms with van der Waals surface area (Å²) < 4.78 is 21.5. The van der Waals surface area contributed by atoms with Crippen LogP contribution in [0.1, 0.15) is 36.4 Å². The van der Waals surface area contributed by atoms with Gasteiger partial charge in [-0.25, -0.2) is 10.2 Å². The molecule has 1 aliphatic heterocycles. The molecular weight excluding hydrogens is 364 g/mol. The summed E-state index contributed by atoms with van der Waals surface area (Å²) in [6, 6.07) is 10.4. The lowest BCUT2D eigenvalue weighted by Crippen LogP contribution is -2.33. The van der Waals surface area contributed by atoms with Crippen LogP contribution in [0.25, 0.3) is 11.3 Å². The Morgan fingerprint density at radius 1 is 1.25 bits per heavy atom. The van der Waals surface area contributed by atoms with E-state index in [9.17, 15) is 9.59 Å². The summed E-state index contributed by atoms with van der Waals surface area (Å²) >= 11 is 0. The summed E-state index contributed by atoms with van der Waals surface area (Å²) in [5, 5.41) is 3.89. The standard InChI is InChI=1S/C20H22N2O6/c1-3-25-19(24)15-6-4-5-14(11-15)17-8-7-16(28-17)13-21-22-18(23)12-20(2)26-9-10-27-20/h4-8,11,13H,3,9-10,12H2,1-2H3,(H,22,23). The minimum atomic E-state index is -0.901. The van der Waals surface area contributed by atoms with Crippen molar-refractivity contribution in [2.45, 2.75) is 26.1 Å². The molecule has 8 nitrogen and oxygen atoms in total. The zero-order valence-electron chi connectivity index (χ0n) is 15.8. The Kier molecular flexibility index (Phi) is 6.23. The lowest BCUT2D eigenvalue weighted by atomic mass is 10.1. The summed E-state index contributed by atoms with van der Waals surface area (Å²) in [5.74, 6) is -0.587. The third kappa shape index (κ3) is 5.05. The highest BCUT2D eigenvalue weighted by molar-refractivity contribution is 5.91. The predicted molar refractivity (Wildman–Crippen MR) is 101 cm³/mol. The lowest BCUT2D eigenvalue weighted by Gasteiger charge is -2.20. The Bertz CT molecular complexity index is 867. The third-order valence-electron chi connectivity index (χ3n) is 4.05. The Hall–Kier alpha value is -2.97.